The molecule has 2 rings (SSSR count). The third kappa shape index (κ3) is 18.7. The van der Waals surface area contributed by atoms with E-state index in [9.17, 15) is 45.6 Å². The Kier molecular flexibility index (Phi) is 26.9. The van der Waals surface area contributed by atoms with E-state index >= 15 is 0 Å². The topological polar surface area (TPSA) is 228 Å². The molecule has 14 heteroatoms. The van der Waals surface area contributed by atoms with E-state index in [4.69, 9.17) is 18.9 Å². The van der Waals surface area contributed by atoms with Crippen molar-refractivity contribution in [2.24, 2.45) is 0 Å². The molecule has 9 N–H and O–H groups in total. The highest BCUT2D eigenvalue weighted by atomic mass is 16.7. The maximum absolute atomic E-state index is 13.0. The summed E-state index contributed by atoms with van der Waals surface area (Å²) >= 11 is 0. The molecule has 14 nitrogen and oxygen atoms in total. The molecule has 2 heterocycles. The molecule has 12 atom stereocenters. The maximum atomic E-state index is 13.0. The van der Waals surface area contributed by atoms with Gasteiger partial charge in [0.05, 0.1) is 32.0 Å². The average molecular weight is 800 g/mol. The summed E-state index contributed by atoms with van der Waals surface area (Å²) in [5, 5.41) is 86.0. The Morgan fingerprint density at radius 3 is 1.86 bits per heavy atom. The lowest BCUT2D eigenvalue weighted by molar-refractivity contribution is -0.359. The van der Waals surface area contributed by atoms with Gasteiger partial charge in [-0.25, -0.2) is 0 Å². The van der Waals surface area contributed by atoms with Gasteiger partial charge in [-0.05, 0) is 51.4 Å². The Labute approximate surface area is 333 Å². The summed E-state index contributed by atoms with van der Waals surface area (Å²) < 4.78 is 22.5. The number of unbranched alkanes of at least 4 members (excludes halogenated alkanes) is 10. The molecule has 324 valence electrons. The molecule has 0 radical (unpaired) electrons. The van der Waals surface area contributed by atoms with Gasteiger partial charge in [0.15, 0.2) is 12.6 Å². The lowest BCUT2D eigenvalue weighted by atomic mass is 9.97. The highest BCUT2D eigenvalue weighted by Gasteiger charge is 2.50. The van der Waals surface area contributed by atoms with Gasteiger partial charge in [0.1, 0.15) is 48.8 Å². The van der Waals surface area contributed by atoms with E-state index in [0.717, 1.165) is 70.6 Å². The predicted molar refractivity (Wildman–Crippen MR) is 212 cm³/mol. The van der Waals surface area contributed by atoms with E-state index in [1.54, 1.807) is 6.08 Å². The van der Waals surface area contributed by atoms with Crippen LogP contribution >= 0.6 is 0 Å². The van der Waals surface area contributed by atoms with E-state index in [1.807, 2.05) is 6.08 Å². The van der Waals surface area contributed by atoms with Crippen molar-refractivity contribution < 1.29 is 64.6 Å². The molecule has 2 aliphatic heterocycles. The molecule has 0 aromatic carbocycles. The van der Waals surface area contributed by atoms with Crippen LogP contribution in [-0.4, -0.2) is 140 Å². The van der Waals surface area contributed by atoms with Crippen LogP contribution in [0.1, 0.15) is 117 Å². The zero-order valence-corrected chi connectivity index (χ0v) is 33.6. The van der Waals surface area contributed by atoms with Gasteiger partial charge >= 0.3 is 0 Å². The first kappa shape index (κ1) is 50.1. The number of ether oxygens (including phenoxy) is 4. The van der Waals surface area contributed by atoms with Crippen LogP contribution in [0.15, 0.2) is 48.6 Å². The number of nitrogens with one attached hydrogen (secondary N) is 1. The fraction of sp³-hybridized carbons (Fsp3) is 0.786. The van der Waals surface area contributed by atoms with Crippen molar-refractivity contribution in [2.75, 3.05) is 19.8 Å². The number of allylic oxidation sites excluding steroid dienone is 7. The Morgan fingerprint density at radius 2 is 1.20 bits per heavy atom. The summed E-state index contributed by atoms with van der Waals surface area (Å²) in [6, 6.07) is -0.935. The van der Waals surface area contributed by atoms with Crippen LogP contribution in [-0.2, 0) is 23.7 Å². The number of carbonyl (C=O) groups excluding carboxylic acids is 1. The number of hydrogen-bond donors (Lipinski definition) is 9. The van der Waals surface area contributed by atoms with Crippen molar-refractivity contribution in [3.8, 4) is 0 Å². The van der Waals surface area contributed by atoms with Gasteiger partial charge in [-0.2, -0.15) is 0 Å². The predicted octanol–water partition coefficient (Wildman–Crippen LogP) is 2.98. The molecule has 0 saturated carbocycles. The SMILES string of the molecule is CCCC/C=C\C/C=C\CCCCCCCC(=O)NC(COC1OC(CO)C(OC2OC(CO)C(O)C(O)C2O)C(O)C1O)C(O)/C=C/CC/C=C/CCCC. The van der Waals surface area contributed by atoms with Gasteiger partial charge in [-0.15, -0.1) is 0 Å². The maximum Gasteiger partial charge on any atom is 0.220 e. The summed E-state index contributed by atoms with van der Waals surface area (Å²) in [6.07, 6.45) is 14.8. The molecule has 1 amide bonds. The molecule has 2 aliphatic rings. The fourth-order valence-electron chi connectivity index (χ4n) is 6.42. The van der Waals surface area contributed by atoms with Gasteiger partial charge in [0.25, 0.3) is 0 Å². The van der Waals surface area contributed by atoms with Crippen molar-refractivity contribution in [1.29, 1.82) is 0 Å². The van der Waals surface area contributed by atoms with Crippen LogP contribution in [0.4, 0.5) is 0 Å². The van der Waals surface area contributed by atoms with Crippen molar-refractivity contribution in [1.82, 2.24) is 5.32 Å². The van der Waals surface area contributed by atoms with Crippen LogP contribution in [0.25, 0.3) is 0 Å². The molecule has 2 fully saturated rings. The molecule has 12 unspecified atom stereocenters. The Bertz CT molecular complexity index is 1130. The van der Waals surface area contributed by atoms with Crippen LogP contribution in [0.5, 0.6) is 0 Å². The van der Waals surface area contributed by atoms with Crippen molar-refractivity contribution >= 4 is 5.91 Å². The second-order valence-electron chi connectivity index (χ2n) is 14.7. The highest BCUT2D eigenvalue weighted by Crippen LogP contribution is 2.29. The summed E-state index contributed by atoms with van der Waals surface area (Å²) in [4.78, 5) is 13.0. The second kappa shape index (κ2) is 30.1. The summed E-state index contributed by atoms with van der Waals surface area (Å²) in [5.74, 6) is -0.272. The normalized spacial score (nSPS) is 29.9. The third-order valence-corrected chi connectivity index (χ3v) is 9.99. The van der Waals surface area contributed by atoms with Gasteiger partial charge in [-0.3, -0.25) is 4.79 Å². The molecular formula is C42H73NO13. The number of aliphatic hydroxyl groups excluding tert-OH is 8. The average Bonchev–Trinajstić information content (AvgIpc) is 3.19. The first-order valence-electron chi connectivity index (χ1n) is 20.9. The van der Waals surface area contributed by atoms with E-state index < -0.39 is 86.8 Å². The van der Waals surface area contributed by atoms with Gasteiger partial charge in [0, 0.05) is 6.42 Å². The summed E-state index contributed by atoms with van der Waals surface area (Å²) in [7, 11) is 0. The number of rotatable bonds is 29. The van der Waals surface area contributed by atoms with Crippen molar-refractivity contribution in [3.05, 3.63) is 48.6 Å². The zero-order chi connectivity index (χ0) is 41.1. The third-order valence-electron chi connectivity index (χ3n) is 9.99. The molecule has 56 heavy (non-hydrogen) atoms. The fourth-order valence-corrected chi connectivity index (χ4v) is 6.42. The largest absolute Gasteiger partial charge is 0.394 e. The minimum Gasteiger partial charge on any atom is -0.394 e. The Morgan fingerprint density at radius 1 is 0.643 bits per heavy atom. The summed E-state index contributed by atoms with van der Waals surface area (Å²) in [6.45, 7) is 2.58. The second-order valence-corrected chi connectivity index (χ2v) is 14.7. The smallest absolute Gasteiger partial charge is 0.220 e. The summed E-state index contributed by atoms with van der Waals surface area (Å²) in [5.41, 5.74) is 0. The van der Waals surface area contributed by atoms with Crippen LogP contribution in [0.2, 0.25) is 0 Å². The Hall–Kier alpha value is -2.05. The van der Waals surface area contributed by atoms with Crippen molar-refractivity contribution in [3.63, 3.8) is 0 Å². The monoisotopic (exact) mass is 800 g/mol. The molecular weight excluding hydrogens is 726 g/mol. The number of amides is 1. The number of carbonyl (C=O) groups is 1. The van der Waals surface area contributed by atoms with Crippen molar-refractivity contribution in [2.45, 2.75) is 190 Å². The number of hydrogen-bond acceptors (Lipinski definition) is 13. The molecule has 0 spiro atoms. The van der Waals surface area contributed by atoms with E-state index in [0.29, 0.717) is 12.8 Å². The standard InChI is InChI=1S/C42H73NO13/c1-3-5-7-9-11-13-14-15-16-17-18-20-22-24-26-34(47)43-30(31(46)25-23-21-19-12-10-8-6-4-2)29-53-41-39(52)37(50)40(33(28-45)55-41)56-42-38(51)36(49)35(48)32(27-44)54-42/h9-12,14-15,23,25,30-33,35-42,44-46,48-52H,3-8,13,16-22,24,26-29H2,1-2H3,(H,43,47)/b11-9-,12-10+,15-14-,25-23+. The first-order chi connectivity index (χ1) is 27.1. The molecule has 0 bridgehead atoms. The first-order valence-corrected chi connectivity index (χ1v) is 20.9. The number of aliphatic hydroxyl groups is 8. The lowest BCUT2D eigenvalue weighted by Crippen LogP contribution is -2.65. The quantitative estimate of drug-likeness (QED) is 0.0392. The van der Waals surface area contributed by atoms with Gasteiger partial charge in [0.2, 0.25) is 5.91 Å². The Balaban J connectivity index is 1.93. The van der Waals surface area contributed by atoms with E-state index in [-0.39, 0.29) is 18.9 Å². The van der Waals surface area contributed by atoms with Crippen LogP contribution in [0.3, 0.4) is 0 Å². The van der Waals surface area contributed by atoms with E-state index in [1.165, 1.54) is 12.8 Å². The van der Waals surface area contributed by atoms with Crippen LogP contribution < -0.4 is 5.32 Å². The van der Waals surface area contributed by atoms with Gasteiger partial charge < -0.3 is 65.1 Å². The molecule has 2 saturated heterocycles. The molecule has 0 aliphatic carbocycles. The minimum absolute atomic E-state index is 0.255. The minimum atomic E-state index is -1.79. The molecule has 0 aromatic heterocycles. The molecule has 0 aromatic rings. The zero-order valence-electron chi connectivity index (χ0n) is 33.6. The van der Waals surface area contributed by atoms with Gasteiger partial charge in [-0.1, -0.05) is 107 Å². The van der Waals surface area contributed by atoms with Crippen LogP contribution in [0, 0.1) is 0 Å². The van der Waals surface area contributed by atoms with E-state index in [2.05, 4.69) is 55.6 Å². The lowest BCUT2D eigenvalue weighted by Gasteiger charge is -2.46. The highest BCUT2D eigenvalue weighted by molar-refractivity contribution is 5.76.